The Kier molecular flexibility index (Phi) is 5.44. The molecule has 0 saturated carbocycles. The molecule has 2 aromatic rings. The van der Waals surface area contributed by atoms with Crippen molar-refractivity contribution in [2.45, 2.75) is 39.8 Å². The Morgan fingerprint density at radius 2 is 1.97 bits per heavy atom. The molecule has 1 atom stereocenters. The molecule has 29 heavy (non-hydrogen) atoms. The first-order valence-electron chi connectivity index (χ1n) is 9.27. The SMILES string of the molecule is CN1CCc2c(c(-c3cc(F)ccc3F)nn2C(=O)NC(C(=O)O)C(C)(C)C)C1. The van der Waals surface area contributed by atoms with Gasteiger partial charge >= 0.3 is 12.0 Å². The van der Waals surface area contributed by atoms with Crippen molar-refractivity contribution >= 4 is 12.0 Å². The molecule has 9 heteroatoms. The number of rotatable bonds is 3. The summed E-state index contributed by atoms with van der Waals surface area (Å²) in [7, 11) is 1.88. The van der Waals surface area contributed by atoms with Gasteiger partial charge in [-0.1, -0.05) is 20.8 Å². The molecule has 0 saturated heterocycles. The van der Waals surface area contributed by atoms with Crippen LogP contribution in [0.15, 0.2) is 18.2 Å². The van der Waals surface area contributed by atoms with E-state index in [1.54, 1.807) is 20.8 Å². The largest absolute Gasteiger partial charge is 0.480 e. The van der Waals surface area contributed by atoms with Gasteiger partial charge in [-0.15, -0.1) is 0 Å². The average molecular weight is 406 g/mol. The van der Waals surface area contributed by atoms with E-state index in [4.69, 9.17) is 0 Å². The summed E-state index contributed by atoms with van der Waals surface area (Å²) in [6.07, 6.45) is 0.469. The molecule has 1 unspecified atom stereocenters. The lowest BCUT2D eigenvalue weighted by Gasteiger charge is -2.28. The van der Waals surface area contributed by atoms with Crippen LogP contribution in [-0.4, -0.2) is 51.4 Å². The first-order valence-corrected chi connectivity index (χ1v) is 9.27. The number of benzene rings is 1. The number of halogens is 2. The molecule has 7 nitrogen and oxygen atoms in total. The zero-order valence-corrected chi connectivity index (χ0v) is 16.8. The van der Waals surface area contributed by atoms with Gasteiger partial charge in [0, 0.05) is 30.6 Å². The third-order valence-corrected chi connectivity index (χ3v) is 5.00. The van der Waals surface area contributed by atoms with Gasteiger partial charge in [0.15, 0.2) is 0 Å². The summed E-state index contributed by atoms with van der Waals surface area (Å²) in [6, 6.07) is 1.22. The van der Waals surface area contributed by atoms with Crippen molar-refractivity contribution in [3.63, 3.8) is 0 Å². The monoisotopic (exact) mass is 406 g/mol. The van der Waals surface area contributed by atoms with E-state index < -0.39 is 35.1 Å². The number of carbonyl (C=O) groups excluding carboxylic acids is 1. The topological polar surface area (TPSA) is 87.5 Å². The molecule has 0 spiro atoms. The zero-order valence-electron chi connectivity index (χ0n) is 16.8. The molecule has 1 aliphatic rings. The minimum Gasteiger partial charge on any atom is -0.480 e. The normalized spacial score (nSPS) is 15.7. The van der Waals surface area contributed by atoms with E-state index in [1.807, 2.05) is 11.9 Å². The number of carbonyl (C=O) groups is 2. The van der Waals surface area contributed by atoms with E-state index in [-0.39, 0.29) is 11.3 Å². The standard InChI is InChI=1S/C20H24F2N4O3/c1-20(2,3)17(18(27)28)23-19(29)26-15-7-8-25(4)10-13(15)16(24-26)12-9-11(21)5-6-14(12)22/h5-6,9,17H,7-8,10H2,1-4H3,(H,23,29)(H,27,28). The Bertz CT molecular complexity index is 965. The quantitative estimate of drug-likeness (QED) is 0.819. The predicted molar refractivity (Wildman–Crippen MR) is 102 cm³/mol. The van der Waals surface area contributed by atoms with Gasteiger partial charge < -0.3 is 15.3 Å². The molecule has 0 aliphatic carbocycles. The number of nitrogens with zero attached hydrogens (tertiary/aromatic N) is 3. The highest BCUT2D eigenvalue weighted by molar-refractivity contribution is 5.85. The van der Waals surface area contributed by atoms with Crippen LogP contribution in [0.1, 0.15) is 32.0 Å². The van der Waals surface area contributed by atoms with Gasteiger partial charge in [-0.3, -0.25) is 0 Å². The van der Waals surface area contributed by atoms with Crippen LogP contribution < -0.4 is 5.32 Å². The predicted octanol–water partition coefficient (Wildman–Crippen LogP) is 2.87. The summed E-state index contributed by atoms with van der Waals surface area (Å²) < 4.78 is 29.2. The molecule has 3 rings (SSSR count). The number of amides is 1. The fourth-order valence-corrected chi connectivity index (χ4v) is 3.45. The number of aromatic nitrogens is 2. The smallest absolute Gasteiger partial charge is 0.343 e. The molecule has 2 heterocycles. The van der Waals surface area contributed by atoms with Crippen molar-refractivity contribution in [2.24, 2.45) is 5.41 Å². The third kappa shape index (κ3) is 4.14. The molecule has 0 radical (unpaired) electrons. The van der Waals surface area contributed by atoms with E-state index in [0.29, 0.717) is 30.8 Å². The van der Waals surface area contributed by atoms with Crippen molar-refractivity contribution < 1.29 is 23.5 Å². The van der Waals surface area contributed by atoms with Gasteiger partial charge in [0.25, 0.3) is 0 Å². The maximum absolute atomic E-state index is 14.4. The van der Waals surface area contributed by atoms with Gasteiger partial charge in [0.1, 0.15) is 23.4 Å². The number of carboxylic acids is 1. The van der Waals surface area contributed by atoms with Gasteiger partial charge in [0.05, 0.1) is 5.69 Å². The van der Waals surface area contributed by atoms with Crippen molar-refractivity contribution in [1.82, 2.24) is 20.0 Å². The summed E-state index contributed by atoms with van der Waals surface area (Å²) in [5, 5.41) is 16.3. The lowest BCUT2D eigenvalue weighted by molar-refractivity contribution is -0.141. The second-order valence-corrected chi connectivity index (χ2v) is 8.38. The first-order chi connectivity index (χ1) is 13.5. The van der Waals surface area contributed by atoms with E-state index in [0.717, 1.165) is 22.9 Å². The minimum absolute atomic E-state index is 0.0336. The molecular formula is C20H24F2N4O3. The lowest BCUT2D eigenvalue weighted by Crippen LogP contribution is -2.50. The fourth-order valence-electron chi connectivity index (χ4n) is 3.45. The summed E-state index contributed by atoms with van der Waals surface area (Å²) in [6.45, 7) is 6.17. The highest BCUT2D eigenvalue weighted by Gasteiger charge is 2.35. The van der Waals surface area contributed by atoms with Crippen LogP contribution in [-0.2, 0) is 17.8 Å². The van der Waals surface area contributed by atoms with Crippen LogP contribution in [0.4, 0.5) is 13.6 Å². The maximum Gasteiger partial charge on any atom is 0.343 e. The molecule has 2 N–H and O–H groups in total. The Balaban J connectivity index is 2.08. The average Bonchev–Trinajstić information content (AvgIpc) is 2.98. The Labute approximate surface area is 167 Å². The van der Waals surface area contributed by atoms with Crippen LogP contribution >= 0.6 is 0 Å². The van der Waals surface area contributed by atoms with E-state index in [9.17, 15) is 23.5 Å². The minimum atomic E-state index is -1.16. The number of hydrogen-bond donors (Lipinski definition) is 2. The summed E-state index contributed by atoms with van der Waals surface area (Å²) >= 11 is 0. The highest BCUT2D eigenvalue weighted by Crippen LogP contribution is 2.32. The Hall–Kier alpha value is -2.81. The number of fused-ring (bicyclic) bond motifs is 1. The van der Waals surface area contributed by atoms with Crippen LogP contribution in [0.25, 0.3) is 11.3 Å². The number of aliphatic carboxylic acids is 1. The first kappa shape index (κ1) is 20.9. The van der Waals surface area contributed by atoms with Crippen molar-refractivity contribution in [3.05, 3.63) is 41.1 Å². The van der Waals surface area contributed by atoms with Gasteiger partial charge in [-0.05, 0) is 30.7 Å². The molecule has 0 bridgehead atoms. The third-order valence-electron chi connectivity index (χ3n) is 5.00. The number of nitrogens with one attached hydrogen (secondary N) is 1. The van der Waals surface area contributed by atoms with Gasteiger partial charge in [0.2, 0.25) is 0 Å². The van der Waals surface area contributed by atoms with Crippen LogP contribution in [0.5, 0.6) is 0 Å². The van der Waals surface area contributed by atoms with Crippen LogP contribution in [0.3, 0.4) is 0 Å². The summed E-state index contributed by atoms with van der Waals surface area (Å²) in [4.78, 5) is 26.5. The molecule has 156 valence electrons. The maximum atomic E-state index is 14.4. The summed E-state index contributed by atoms with van der Waals surface area (Å²) in [5.41, 5.74) is 0.611. The van der Waals surface area contributed by atoms with E-state index in [1.165, 1.54) is 0 Å². The zero-order chi connectivity index (χ0) is 21.5. The number of likely N-dealkylation sites (N-methyl/N-ethyl adjacent to an activating group) is 1. The molecule has 1 aliphatic heterocycles. The van der Waals surface area contributed by atoms with E-state index >= 15 is 0 Å². The Morgan fingerprint density at radius 1 is 1.28 bits per heavy atom. The summed E-state index contributed by atoms with van der Waals surface area (Å²) in [5.74, 6) is -2.43. The fraction of sp³-hybridized carbons (Fsp3) is 0.450. The molecule has 1 amide bonds. The van der Waals surface area contributed by atoms with Gasteiger partial charge in [-0.2, -0.15) is 9.78 Å². The molecule has 0 fully saturated rings. The van der Waals surface area contributed by atoms with Crippen LogP contribution in [0, 0.1) is 17.0 Å². The second-order valence-electron chi connectivity index (χ2n) is 8.38. The second kappa shape index (κ2) is 7.55. The van der Waals surface area contributed by atoms with Crippen molar-refractivity contribution in [3.8, 4) is 11.3 Å². The highest BCUT2D eigenvalue weighted by atomic mass is 19.1. The molecular weight excluding hydrogens is 382 g/mol. The Morgan fingerprint density at radius 3 is 2.59 bits per heavy atom. The molecule has 1 aromatic carbocycles. The van der Waals surface area contributed by atoms with E-state index in [2.05, 4.69) is 10.4 Å². The van der Waals surface area contributed by atoms with Crippen LogP contribution in [0.2, 0.25) is 0 Å². The number of hydrogen-bond acceptors (Lipinski definition) is 4. The van der Waals surface area contributed by atoms with Gasteiger partial charge in [-0.25, -0.2) is 18.4 Å². The lowest BCUT2D eigenvalue weighted by atomic mass is 9.87. The molecule has 1 aromatic heterocycles. The van der Waals surface area contributed by atoms with Crippen molar-refractivity contribution in [2.75, 3.05) is 13.6 Å². The van der Waals surface area contributed by atoms with Crippen molar-refractivity contribution in [1.29, 1.82) is 0 Å². The number of carboxylic acid groups (broad SMARTS) is 1.